The van der Waals surface area contributed by atoms with E-state index in [9.17, 15) is 18.0 Å². The summed E-state index contributed by atoms with van der Waals surface area (Å²) in [6.07, 6.45) is 0.965. The number of β-lactam (4-membered cyclic amide) rings is 1. The van der Waals surface area contributed by atoms with E-state index in [1.807, 2.05) is 36.4 Å². The number of ketones is 1. The first kappa shape index (κ1) is 18.3. The first-order valence-electron chi connectivity index (χ1n) is 8.55. The Labute approximate surface area is 153 Å². The van der Waals surface area contributed by atoms with Crippen LogP contribution in [-0.2, 0) is 31.6 Å². The summed E-state index contributed by atoms with van der Waals surface area (Å²) in [5, 5.41) is -1.02. The monoisotopic (exact) mass is 371 g/mol. The molecule has 5 nitrogen and oxygen atoms in total. The lowest BCUT2D eigenvalue weighted by molar-refractivity contribution is -0.142. The Hall–Kier alpha value is -2.47. The molecule has 1 atom stereocenters. The number of rotatable bonds is 8. The first-order chi connectivity index (χ1) is 12.5. The summed E-state index contributed by atoms with van der Waals surface area (Å²) < 4.78 is 24.8. The Morgan fingerprint density at radius 3 is 2.12 bits per heavy atom. The number of hydrogen-bond donors (Lipinski definition) is 0. The molecule has 136 valence electrons. The highest BCUT2D eigenvalue weighted by Gasteiger charge is 2.45. The fourth-order valence-electron chi connectivity index (χ4n) is 3.00. The normalized spacial score (nSPS) is 17.0. The van der Waals surface area contributed by atoms with Crippen molar-refractivity contribution in [2.45, 2.75) is 23.8 Å². The predicted molar refractivity (Wildman–Crippen MR) is 99.2 cm³/mol. The van der Waals surface area contributed by atoms with Crippen molar-refractivity contribution >= 4 is 21.5 Å². The van der Waals surface area contributed by atoms with Crippen LogP contribution in [0.3, 0.4) is 0 Å². The zero-order valence-electron chi connectivity index (χ0n) is 14.4. The van der Waals surface area contributed by atoms with E-state index in [-0.39, 0.29) is 24.6 Å². The van der Waals surface area contributed by atoms with Crippen molar-refractivity contribution in [3.63, 3.8) is 0 Å². The summed E-state index contributed by atoms with van der Waals surface area (Å²) in [7, 11) is -3.55. The number of aryl methyl sites for hydroxylation is 1. The standard InChI is InChI=1S/C20H21NO4S/c22-18(12-11-16-7-3-1-4-8-16)13-21-14-19(20(21)23)26(24,25)15-17-9-5-2-6-10-17/h1-10,19H,11-15H2. The second-order valence-electron chi connectivity index (χ2n) is 6.52. The minimum atomic E-state index is -3.55. The van der Waals surface area contributed by atoms with Gasteiger partial charge in [-0.25, -0.2) is 8.42 Å². The number of likely N-dealkylation sites (tertiary alicyclic amines) is 1. The maximum Gasteiger partial charge on any atom is 0.243 e. The zero-order chi connectivity index (χ0) is 18.6. The van der Waals surface area contributed by atoms with E-state index in [0.717, 1.165) is 5.56 Å². The fraction of sp³-hybridized carbons (Fsp3) is 0.300. The molecule has 1 saturated heterocycles. The van der Waals surface area contributed by atoms with E-state index in [1.165, 1.54) is 4.90 Å². The van der Waals surface area contributed by atoms with Crippen LogP contribution in [0.2, 0.25) is 0 Å². The average Bonchev–Trinajstić information content (AvgIpc) is 2.64. The third-order valence-electron chi connectivity index (χ3n) is 4.52. The number of amides is 1. The second kappa shape index (κ2) is 7.83. The minimum absolute atomic E-state index is 0.0109. The lowest BCUT2D eigenvalue weighted by Crippen LogP contribution is -2.61. The summed E-state index contributed by atoms with van der Waals surface area (Å²) in [5.41, 5.74) is 1.73. The smallest absolute Gasteiger partial charge is 0.243 e. The summed E-state index contributed by atoms with van der Waals surface area (Å²) in [5.74, 6) is -0.671. The van der Waals surface area contributed by atoms with Gasteiger partial charge >= 0.3 is 0 Å². The van der Waals surface area contributed by atoms with Crippen molar-refractivity contribution in [2.24, 2.45) is 0 Å². The minimum Gasteiger partial charge on any atom is -0.332 e. The van der Waals surface area contributed by atoms with Gasteiger partial charge in [-0.15, -0.1) is 0 Å². The number of Topliss-reactive ketones (excluding diaryl/α,β-unsaturated/α-hetero) is 1. The highest BCUT2D eigenvalue weighted by atomic mass is 32.2. The van der Waals surface area contributed by atoms with Gasteiger partial charge in [0.15, 0.2) is 20.9 Å². The molecule has 1 fully saturated rings. The summed E-state index contributed by atoms with van der Waals surface area (Å²) in [4.78, 5) is 25.6. The molecule has 0 N–H and O–H groups in total. The Morgan fingerprint density at radius 2 is 1.54 bits per heavy atom. The number of sulfone groups is 1. The Bertz CT molecular complexity index is 879. The van der Waals surface area contributed by atoms with Gasteiger partial charge in [0.1, 0.15) is 0 Å². The molecule has 6 heteroatoms. The van der Waals surface area contributed by atoms with Crippen LogP contribution in [0.1, 0.15) is 17.5 Å². The highest BCUT2D eigenvalue weighted by molar-refractivity contribution is 7.92. The maximum absolute atomic E-state index is 12.4. The van der Waals surface area contributed by atoms with Gasteiger partial charge in [-0.2, -0.15) is 0 Å². The van der Waals surface area contributed by atoms with Gasteiger partial charge in [0, 0.05) is 13.0 Å². The number of nitrogens with zero attached hydrogens (tertiary/aromatic N) is 1. The Kier molecular flexibility index (Phi) is 5.52. The molecule has 1 aliphatic rings. The topological polar surface area (TPSA) is 71.5 Å². The maximum atomic E-state index is 12.4. The van der Waals surface area contributed by atoms with Crippen LogP contribution < -0.4 is 0 Å². The SMILES string of the molecule is O=C(CCc1ccccc1)CN1CC(S(=O)(=O)Cc2ccccc2)C1=O. The molecule has 1 unspecified atom stereocenters. The number of hydrogen-bond acceptors (Lipinski definition) is 4. The van der Waals surface area contributed by atoms with Gasteiger partial charge in [-0.3, -0.25) is 9.59 Å². The molecule has 2 aromatic rings. The zero-order valence-corrected chi connectivity index (χ0v) is 15.2. The molecule has 3 rings (SSSR count). The van der Waals surface area contributed by atoms with Crippen LogP contribution in [0.5, 0.6) is 0 Å². The van der Waals surface area contributed by atoms with Crippen molar-refractivity contribution in [1.82, 2.24) is 4.90 Å². The quantitative estimate of drug-likeness (QED) is 0.666. The van der Waals surface area contributed by atoms with Crippen LogP contribution in [0.4, 0.5) is 0 Å². The summed E-state index contributed by atoms with van der Waals surface area (Å²) >= 11 is 0. The van der Waals surface area contributed by atoms with E-state index in [1.54, 1.807) is 24.3 Å². The Morgan fingerprint density at radius 1 is 0.962 bits per heavy atom. The van der Waals surface area contributed by atoms with Gasteiger partial charge in [-0.1, -0.05) is 60.7 Å². The van der Waals surface area contributed by atoms with Crippen molar-refractivity contribution < 1.29 is 18.0 Å². The summed E-state index contributed by atoms with van der Waals surface area (Å²) in [6.45, 7) is 0.0914. The molecule has 0 saturated carbocycles. The predicted octanol–water partition coefficient (Wildman–Crippen LogP) is 2.01. The molecule has 0 aliphatic carbocycles. The number of carbonyl (C=O) groups excluding carboxylic acids is 2. The first-order valence-corrected chi connectivity index (χ1v) is 10.3. The van der Waals surface area contributed by atoms with Crippen molar-refractivity contribution in [2.75, 3.05) is 13.1 Å². The van der Waals surface area contributed by atoms with Crippen molar-refractivity contribution in [3.05, 3.63) is 71.8 Å². The fourth-order valence-corrected chi connectivity index (χ4v) is 4.72. The largest absolute Gasteiger partial charge is 0.332 e. The molecule has 1 heterocycles. The lowest BCUT2D eigenvalue weighted by Gasteiger charge is -2.37. The van der Waals surface area contributed by atoms with Gasteiger partial charge in [0.05, 0.1) is 12.3 Å². The van der Waals surface area contributed by atoms with Crippen LogP contribution in [-0.4, -0.2) is 43.3 Å². The molecule has 0 spiro atoms. The van der Waals surface area contributed by atoms with Crippen LogP contribution in [0.25, 0.3) is 0 Å². The molecule has 26 heavy (non-hydrogen) atoms. The molecule has 1 amide bonds. The highest BCUT2D eigenvalue weighted by Crippen LogP contribution is 2.22. The van der Waals surface area contributed by atoms with Crippen LogP contribution in [0, 0.1) is 0 Å². The third kappa shape index (κ3) is 4.38. The molecule has 1 aliphatic heterocycles. The molecule has 0 aromatic heterocycles. The Balaban J connectivity index is 1.49. The molecular formula is C20H21NO4S. The van der Waals surface area contributed by atoms with Gasteiger partial charge in [0.2, 0.25) is 5.91 Å². The molecular weight excluding hydrogens is 350 g/mol. The second-order valence-corrected chi connectivity index (χ2v) is 8.71. The third-order valence-corrected chi connectivity index (χ3v) is 6.47. The van der Waals surface area contributed by atoms with Crippen LogP contribution in [0.15, 0.2) is 60.7 Å². The van der Waals surface area contributed by atoms with Crippen molar-refractivity contribution in [1.29, 1.82) is 0 Å². The molecule has 2 aromatic carbocycles. The van der Waals surface area contributed by atoms with E-state index in [0.29, 0.717) is 18.4 Å². The number of carbonyl (C=O) groups is 2. The van der Waals surface area contributed by atoms with Gasteiger partial charge in [0.25, 0.3) is 0 Å². The lowest BCUT2D eigenvalue weighted by atomic mass is 10.1. The molecule has 0 radical (unpaired) electrons. The average molecular weight is 371 g/mol. The van der Waals surface area contributed by atoms with E-state index in [4.69, 9.17) is 0 Å². The molecule has 0 bridgehead atoms. The van der Waals surface area contributed by atoms with E-state index >= 15 is 0 Å². The van der Waals surface area contributed by atoms with Crippen LogP contribution >= 0.6 is 0 Å². The van der Waals surface area contributed by atoms with E-state index < -0.39 is 21.0 Å². The van der Waals surface area contributed by atoms with E-state index in [2.05, 4.69) is 0 Å². The number of benzene rings is 2. The van der Waals surface area contributed by atoms with Gasteiger partial charge < -0.3 is 4.90 Å². The van der Waals surface area contributed by atoms with Crippen molar-refractivity contribution in [3.8, 4) is 0 Å². The summed E-state index contributed by atoms with van der Waals surface area (Å²) in [6, 6.07) is 18.5. The van der Waals surface area contributed by atoms with Gasteiger partial charge in [-0.05, 0) is 17.5 Å².